The highest BCUT2D eigenvalue weighted by Crippen LogP contribution is 1.91. The smallest absolute Gasteiger partial charge is 0.334 e. The second-order valence-electron chi connectivity index (χ2n) is 2.96. The Morgan fingerprint density at radius 1 is 1.47 bits per heavy atom. The number of hydrogen-bond acceptors (Lipinski definition) is 4. The zero-order valence-electron chi connectivity index (χ0n) is 9.32. The second kappa shape index (κ2) is 8.96. The normalized spacial score (nSPS) is 8.53. The Hall–Kier alpha value is -1.62. The number of hydrogen-bond donors (Lipinski definition) is 1. The number of esters is 1. The highest BCUT2D eigenvalue weighted by Gasteiger charge is 2.01. The molecule has 0 bridgehead atoms. The second-order valence-corrected chi connectivity index (χ2v) is 2.96. The molecule has 0 aliphatic heterocycles. The van der Waals surface area contributed by atoms with Gasteiger partial charge in [-0.25, -0.2) is 9.59 Å². The van der Waals surface area contributed by atoms with Gasteiger partial charge in [-0.2, -0.15) is 0 Å². The molecule has 0 saturated carbocycles. The maximum absolute atomic E-state index is 10.7. The van der Waals surface area contributed by atoms with Crippen molar-refractivity contribution in [3.8, 4) is 0 Å². The Morgan fingerprint density at radius 2 is 1.87 bits per heavy atom. The SMILES string of the molecule is C=C(C)C(=O)OCN(C)C.C=CC(=O)O. The van der Waals surface area contributed by atoms with Gasteiger partial charge < -0.3 is 9.84 Å². The van der Waals surface area contributed by atoms with Gasteiger partial charge in [0.05, 0.1) is 0 Å². The van der Waals surface area contributed by atoms with Crippen molar-refractivity contribution < 1.29 is 19.4 Å². The Bertz CT molecular complexity index is 246. The molecule has 5 nitrogen and oxygen atoms in total. The quantitative estimate of drug-likeness (QED) is 0.428. The molecular weight excluding hydrogens is 198 g/mol. The molecule has 0 aromatic heterocycles. The van der Waals surface area contributed by atoms with Crippen molar-refractivity contribution in [2.75, 3.05) is 20.8 Å². The lowest BCUT2D eigenvalue weighted by atomic mass is 10.4. The first-order valence-electron chi connectivity index (χ1n) is 4.14. The number of carbonyl (C=O) groups excluding carboxylic acids is 1. The molecule has 0 amide bonds. The molecule has 0 heterocycles. The van der Waals surface area contributed by atoms with E-state index in [0.717, 1.165) is 6.08 Å². The van der Waals surface area contributed by atoms with Gasteiger partial charge in [-0.15, -0.1) is 0 Å². The molecule has 1 N–H and O–H groups in total. The van der Waals surface area contributed by atoms with E-state index < -0.39 is 5.97 Å². The van der Waals surface area contributed by atoms with Crippen LogP contribution in [-0.2, 0) is 14.3 Å². The minimum atomic E-state index is -0.981. The summed E-state index contributed by atoms with van der Waals surface area (Å²) in [7, 11) is 3.65. The van der Waals surface area contributed by atoms with Crippen LogP contribution in [0.3, 0.4) is 0 Å². The summed E-state index contributed by atoms with van der Waals surface area (Å²) in [6, 6.07) is 0. The number of rotatable bonds is 4. The number of nitrogens with zero attached hydrogens (tertiary/aromatic N) is 1. The van der Waals surface area contributed by atoms with Crippen molar-refractivity contribution in [1.82, 2.24) is 4.90 Å². The largest absolute Gasteiger partial charge is 0.478 e. The Kier molecular flexibility index (Phi) is 9.45. The van der Waals surface area contributed by atoms with E-state index in [1.54, 1.807) is 11.8 Å². The Labute approximate surface area is 89.6 Å². The Balaban J connectivity index is 0. The molecule has 0 aromatic rings. The highest BCUT2D eigenvalue weighted by molar-refractivity contribution is 5.86. The predicted octanol–water partition coefficient (Wildman–Crippen LogP) is 0.882. The molecule has 0 spiro atoms. The number of carboxylic acid groups (broad SMARTS) is 1. The molecule has 86 valence electrons. The van der Waals surface area contributed by atoms with Crippen molar-refractivity contribution in [3.05, 3.63) is 24.8 Å². The molecule has 0 aromatic carbocycles. The topological polar surface area (TPSA) is 66.8 Å². The van der Waals surface area contributed by atoms with E-state index in [1.165, 1.54) is 0 Å². The average Bonchev–Trinajstić information content (AvgIpc) is 2.14. The standard InChI is InChI=1S/C7H13NO2.C3H4O2/c1-6(2)7(9)10-5-8(3)4;1-2-3(4)5/h1,5H2,2-4H3;2H,1H2,(H,4,5). The molecule has 5 heteroatoms. The molecule has 0 aliphatic rings. The van der Waals surface area contributed by atoms with Crippen LogP contribution in [0.15, 0.2) is 24.8 Å². The van der Waals surface area contributed by atoms with Crippen LogP contribution in [0.1, 0.15) is 6.92 Å². The predicted molar refractivity (Wildman–Crippen MR) is 57.3 cm³/mol. The van der Waals surface area contributed by atoms with Crippen LogP contribution in [0.5, 0.6) is 0 Å². The molecule has 0 fully saturated rings. The lowest BCUT2D eigenvalue weighted by Gasteiger charge is -2.09. The summed E-state index contributed by atoms with van der Waals surface area (Å²) in [6.45, 7) is 8.33. The average molecular weight is 215 g/mol. The van der Waals surface area contributed by atoms with Crippen molar-refractivity contribution in [2.24, 2.45) is 0 Å². The van der Waals surface area contributed by atoms with Crippen molar-refractivity contribution in [3.63, 3.8) is 0 Å². The maximum Gasteiger partial charge on any atom is 0.334 e. The highest BCUT2D eigenvalue weighted by atomic mass is 16.5. The molecular formula is C10H17NO4. The molecule has 0 saturated heterocycles. The van der Waals surface area contributed by atoms with Gasteiger partial charge in [-0.05, 0) is 21.0 Å². The number of aliphatic carboxylic acids is 1. The van der Waals surface area contributed by atoms with E-state index in [0.29, 0.717) is 12.3 Å². The third kappa shape index (κ3) is 15.2. The van der Waals surface area contributed by atoms with Crippen LogP contribution in [0.2, 0.25) is 0 Å². The van der Waals surface area contributed by atoms with Crippen LogP contribution in [0, 0.1) is 0 Å². The molecule has 0 radical (unpaired) electrons. The fourth-order valence-corrected chi connectivity index (χ4v) is 0.311. The monoisotopic (exact) mass is 215 g/mol. The maximum atomic E-state index is 10.7. The molecule has 0 unspecified atom stereocenters. The minimum Gasteiger partial charge on any atom is -0.478 e. The zero-order valence-corrected chi connectivity index (χ0v) is 9.32. The summed E-state index contributed by atoms with van der Waals surface area (Å²) in [4.78, 5) is 21.7. The van der Waals surface area contributed by atoms with Gasteiger partial charge in [0.1, 0.15) is 6.73 Å². The van der Waals surface area contributed by atoms with Gasteiger partial charge in [-0.1, -0.05) is 13.2 Å². The minimum absolute atomic E-state index is 0.311. The third-order valence-corrected chi connectivity index (χ3v) is 0.977. The zero-order chi connectivity index (χ0) is 12.4. The van der Waals surface area contributed by atoms with Gasteiger partial charge in [0, 0.05) is 11.6 Å². The fourth-order valence-electron chi connectivity index (χ4n) is 0.311. The van der Waals surface area contributed by atoms with Crippen LogP contribution in [0.25, 0.3) is 0 Å². The summed E-state index contributed by atoms with van der Waals surface area (Å²) in [6.07, 6.45) is 0.833. The van der Waals surface area contributed by atoms with Crippen LogP contribution in [0.4, 0.5) is 0 Å². The molecule has 0 aliphatic carbocycles. The van der Waals surface area contributed by atoms with Gasteiger partial charge in [-0.3, -0.25) is 4.90 Å². The van der Waals surface area contributed by atoms with E-state index in [4.69, 9.17) is 9.84 Å². The van der Waals surface area contributed by atoms with Gasteiger partial charge in [0.25, 0.3) is 0 Å². The van der Waals surface area contributed by atoms with E-state index in [-0.39, 0.29) is 5.97 Å². The number of carbonyl (C=O) groups is 2. The number of carboxylic acids is 1. The van der Waals surface area contributed by atoms with E-state index in [2.05, 4.69) is 13.2 Å². The molecule has 15 heavy (non-hydrogen) atoms. The lowest BCUT2D eigenvalue weighted by molar-refractivity contribution is -0.142. The summed E-state index contributed by atoms with van der Waals surface area (Å²) in [5.74, 6) is -1.32. The van der Waals surface area contributed by atoms with E-state index in [9.17, 15) is 9.59 Å². The summed E-state index contributed by atoms with van der Waals surface area (Å²) in [5, 5.41) is 7.60. The van der Waals surface area contributed by atoms with Gasteiger partial charge in [0.2, 0.25) is 0 Å². The van der Waals surface area contributed by atoms with Gasteiger partial charge in [0.15, 0.2) is 0 Å². The van der Waals surface area contributed by atoms with Gasteiger partial charge >= 0.3 is 11.9 Å². The first-order chi connectivity index (χ1) is 6.81. The molecule has 0 atom stereocenters. The molecule has 0 rings (SSSR count). The summed E-state index contributed by atoms with van der Waals surface area (Å²) in [5.41, 5.74) is 0.432. The first-order valence-corrected chi connectivity index (χ1v) is 4.14. The lowest BCUT2D eigenvalue weighted by Crippen LogP contribution is -2.19. The first kappa shape index (κ1) is 15.8. The Morgan fingerprint density at radius 3 is 2.07 bits per heavy atom. The third-order valence-electron chi connectivity index (χ3n) is 0.977. The van der Waals surface area contributed by atoms with Crippen LogP contribution in [-0.4, -0.2) is 42.8 Å². The summed E-state index contributed by atoms with van der Waals surface area (Å²) < 4.78 is 4.75. The van der Waals surface area contributed by atoms with Crippen molar-refractivity contribution >= 4 is 11.9 Å². The summed E-state index contributed by atoms with van der Waals surface area (Å²) >= 11 is 0. The fraction of sp³-hybridized carbons (Fsp3) is 0.400. The van der Waals surface area contributed by atoms with Crippen molar-refractivity contribution in [1.29, 1.82) is 0 Å². The van der Waals surface area contributed by atoms with E-state index in [1.807, 2.05) is 14.1 Å². The van der Waals surface area contributed by atoms with E-state index >= 15 is 0 Å². The number of ether oxygens (including phenoxy) is 1. The van der Waals surface area contributed by atoms with Crippen LogP contribution < -0.4 is 0 Å². The van der Waals surface area contributed by atoms with Crippen molar-refractivity contribution in [2.45, 2.75) is 6.92 Å². The van der Waals surface area contributed by atoms with Crippen LogP contribution >= 0.6 is 0 Å².